The first-order chi connectivity index (χ1) is 11.4. The van der Waals surface area contributed by atoms with Crippen LogP contribution in [0.1, 0.15) is 22.8 Å². The normalized spacial score (nSPS) is 10.7. The highest BCUT2D eigenvalue weighted by Crippen LogP contribution is 2.26. The molecule has 24 heavy (non-hydrogen) atoms. The van der Waals surface area contributed by atoms with E-state index in [4.69, 9.17) is 11.5 Å². The molecule has 3 aromatic rings. The summed E-state index contributed by atoms with van der Waals surface area (Å²) in [6.07, 6.45) is 1.69. The zero-order valence-electron chi connectivity index (χ0n) is 13.2. The van der Waals surface area contributed by atoms with Crippen molar-refractivity contribution in [3.8, 4) is 5.69 Å². The van der Waals surface area contributed by atoms with Crippen molar-refractivity contribution in [2.75, 3.05) is 11.5 Å². The van der Waals surface area contributed by atoms with Gasteiger partial charge in [0, 0.05) is 16.8 Å². The number of pyridine rings is 1. The predicted molar refractivity (Wildman–Crippen MR) is 98.5 cm³/mol. The number of aromatic nitrogens is 1. The highest BCUT2D eigenvalue weighted by molar-refractivity contribution is 6.07. The Morgan fingerprint density at radius 2 is 1.79 bits per heavy atom. The zero-order valence-corrected chi connectivity index (χ0v) is 13.2. The van der Waals surface area contributed by atoms with E-state index in [1.54, 1.807) is 36.4 Å². The average Bonchev–Trinajstić information content (AvgIpc) is 2.55. The van der Waals surface area contributed by atoms with Crippen LogP contribution in [-0.2, 0) is 0 Å². The van der Waals surface area contributed by atoms with Gasteiger partial charge >= 0.3 is 0 Å². The van der Waals surface area contributed by atoms with E-state index in [0.717, 1.165) is 5.56 Å². The molecule has 3 rings (SSSR count). The predicted octanol–water partition coefficient (Wildman–Crippen LogP) is 3.00. The highest BCUT2D eigenvalue weighted by atomic mass is 16.1. The van der Waals surface area contributed by atoms with Crippen LogP contribution in [0.3, 0.4) is 0 Å². The maximum Gasteiger partial charge on any atom is 0.268 e. The van der Waals surface area contributed by atoms with Crippen LogP contribution in [0.15, 0.2) is 53.8 Å². The molecule has 0 amide bonds. The lowest BCUT2D eigenvalue weighted by Crippen LogP contribution is -2.26. The summed E-state index contributed by atoms with van der Waals surface area (Å²) < 4.78 is 1.48. The molecule has 0 bridgehead atoms. The van der Waals surface area contributed by atoms with Gasteiger partial charge in [-0.15, -0.1) is 0 Å². The number of fused-ring (bicyclic) bond motifs is 1. The van der Waals surface area contributed by atoms with Crippen molar-refractivity contribution in [1.82, 2.24) is 4.57 Å². The molecule has 0 unspecified atom stereocenters. The van der Waals surface area contributed by atoms with Gasteiger partial charge in [-0.3, -0.25) is 14.2 Å². The Hall–Kier alpha value is -3.34. The summed E-state index contributed by atoms with van der Waals surface area (Å²) in [5.74, 6) is -0.364. The van der Waals surface area contributed by atoms with Crippen LogP contribution < -0.4 is 17.0 Å². The Morgan fingerprint density at radius 1 is 1.12 bits per heavy atom. The molecule has 5 heteroatoms. The third kappa shape index (κ3) is 2.36. The number of carbonyl (C=O) groups is 1. The molecule has 120 valence electrons. The van der Waals surface area contributed by atoms with Gasteiger partial charge in [-0.1, -0.05) is 24.8 Å². The van der Waals surface area contributed by atoms with E-state index >= 15 is 0 Å². The van der Waals surface area contributed by atoms with Gasteiger partial charge in [-0.25, -0.2) is 0 Å². The Morgan fingerprint density at radius 3 is 2.38 bits per heavy atom. The second-order valence-corrected chi connectivity index (χ2v) is 5.56. The van der Waals surface area contributed by atoms with Gasteiger partial charge in [0.2, 0.25) is 0 Å². The zero-order chi connectivity index (χ0) is 17.4. The van der Waals surface area contributed by atoms with E-state index in [0.29, 0.717) is 22.3 Å². The smallest absolute Gasteiger partial charge is 0.268 e. The Bertz CT molecular complexity index is 1030. The summed E-state index contributed by atoms with van der Waals surface area (Å²) in [5, 5.41) is 0.641. The van der Waals surface area contributed by atoms with Crippen molar-refractivity contribution in [3.63, 3.8) is 0 Å². The summed E-state index contributed by atoms with van der Waals surface area (Å²) in [6.45, 7) is 5.09. The maximum atomic E-state index is 12.9. The van der Waals surface area contributed by atoms with Crippen LogP contribution in [0.5, 0.6) is 0 Å². The molecule has 2 aromatic carbocycles. The monoisotopic (exact) mass is 319 g/mol. The number of rotatable bonds is 3. The third-order valence-corrected chi connectivity index (χ3v) is 3.98. The van der Waals surface area contributed by atoms with E-state index < -0.39 is 5.56 Å². The fourth-order valence-electron chi connectivity index (χ4n) is 2.78. The van der Waals surface area contributed by atoms with E-state index in [9.17, 15) is 9.59 Å². The SMILES string of the molecule is C=Cc1ccc2c(N)c(C(C)=O)c(=O)n(-c3ccc(N)cc3)c2c1. The molecule has 0 aliphatic carbocycles. The van der Waals surface area contributed by atoms with E-state index in [1.807, 2.05) is 12.1 Å². The lowest BCUT2D eigenvalue weighted by Gasteiger charge is -2.15. The Labute approximate surface area is 138 Å². The van der Waals surface area contributed by atoms with Crippen LogP contribution in [0.2, 0.25) is 0 Å². The summed E-state index contributed by atoms with van der Waals surface area (Å²) >= 11 is 0. The van der Waals surface area contributed by atoms with Gasteiger partial charge in [0.1, 0.15) is 5.56 Å². The molecule has 0 fully saturated rings. The number of ketones is 1. The molecule has 0 atom stereocenters. The Balaban J connectivity index is 2.53. The van der Waals surface area contributed by atoms with Crippen LogP contribution >= 0.6 is 0 Å². The molecule has 0 saturated heterocycles. The molecule has 0 saturated carbocycles. The topological polar surface area (TPSA) is 91.1 Å². The number of anilines is 2. The number of benzene rings is 2. The lowest BCUT2D eigenvalue weighted by molar-refractivity contribution is 0.101. The average molecular weight is 319 g/mol. The first-order valence-corrected chi connectivity index (χ1v) is 7.41. The van der Waals surface area contributed by atoms with Crippen molar-refractivity contribution in [2.24, 2.45) is 0 Å². The second kappa shape index (κ2) is 5.70. The summed E-state index contributed by atoms with van der Waals surface area (Å²) in [7, 11) is 0. The Kier molecular flexibility index (Phi) is 3.69. The third-order valence-electron chi connectivity index (χ3n) is 3.98. The van der Waals surface area contributed by atoms with Gasteiger partial charge in [-0.2, -0.15) is 0 Å². The van der Waals surface area contributed by atoms with Gasteiger partial charge < -0.3 is 11.5 Å². The van der Waals surface area contributed by atoms with Gasteiger partial charge in [0.25, 0.3) is 5.56 Å². The van der Waals surface area contributed by atoms with Crippen molar-refractivity contribution in [2.45, 2.75) is 6.92 Å². The minimum absolute atomic E-state index is 0.00863. The minimum Gasteiger partial charge on any atom is -0.399 e. The van der Waals surface area contributed by atoms with Gasteiger partial charge in [0.05, 0.1) is 11.2 Å². The molecule has 0 spiro atoms. The summed E-state index contributed by atoms with van der Waals surface area (Å²) in [4.78, 5) is 24.9. The van der Waals surface area contributed by atoms with Crippen LogP contribution in [0.4, 0.5) is 11.4 Å². The number of carbonyl (C=O) groups excluding carboxylic acids is 1. The fraction of sp³-hybridized carbons (Fsp3) is 0.0526. The van der Waals surface area contributed by atoms with Crippen molar-refractivity contribution in [3.05, 3.63) is 70.5 Å². The number of nitrogens with zero attached hydrogens (tertiary/aromatic N) is 1. The van der Waals surface area contributed by atoms with Crippen molar-refractivity contribution in [1.29, 1.82) is 0 Å². The highest BCUT2D eigenvalue weighted by Gasteiger charge is 2.19. The molecule has 0 radical (unpaired) electrons. The van der Waals surface area contributed by atoms with Crippen LogP contribution in [0.25, 0.3) is 22.7 Å². The number of hydrogen-bond donors (Lipinski definition) is 2. The van der Waals surface area contributed by atoms with E-state index in [2.05, 4.69) is 6.58 Å². The van der Waals surface area contributed by atoms with Crippen molar-refractivity contribution >= 4 is 34.1 Å². The summed E-state index contributed by atoms with van der Waals surface area (Å²) in [6, 6.07) is 12.3. The number of hydrogen-bond acceptors (Lipinski definition) is 4. The number of nitrogens with two attached hydrogens (primary N) is 2. The molecule has 1 aromatic heterocycles. The van der Waals surface area contributed by atoms with E-state index in [1.165, 1.54) is 11.5 Å². The largest absolute Gasteiger partial charge is 0.399 e. The maximum absolute atomic E-state index is 12.9. The molecular formula is C19H17N3O2. The summed E-state index contributed by atoms with van der Waals surface area (Å²) in [5.41, 5.74) is 14.2. The number of nitrogen functional groups attached to an aromatic ring is 2. The molecular weight excluding hydrogens is 302 g/mol. The molecule has 0 aliphatic rings. The first-order valence-electron chi connectivity index (χ1n) is 7.41. The minimum atomic E-state index is -0.446. The molecule has 1 heterocycles. The van der Waals surface area contributed by atoms with Gasteiger partial charge in [-0.05, 0) is 42.8 Å². The van der Waals surface area contributed by atoms with Crippen molar-refractivity contribution < 1.29 is 4.79 Å². The molecule has 0 aliphatic heterocycles. The standard InChI is InChI=1S/C19H17N3O2/c1-3-12-4-9-15-16(10-12)22(14-7-5-13(20)6-8-14)19(24)17(11(2)23)18(15)21/h3-10H,1,20-21H2,2H3. The van der Waals surface area contributed by atoms with Crippen LogP contribution in [0, 0.1) is 0 Å². The lowest BCUT2D eigenvalue weighted by atomic mass is 10.0. The van der Waals surface area contributed by atoms with Gasteiger partial charge in [0.15, 0.2) is 5.78 Å². The van der Waals surface area contributed by atoms with Crippen LogP contribution in [-0.4, -0.2) is 10.4 Å². The molecule has 5 nitrogen and oxygen atoms in total. The first kappa shape index (κ1) is 15.6. The molecule has 4 N–H and O–H groups in total. The van der Waals surface area contributed by atoms with E-state index in [-0.39, 0.29) is 17.0 Å². The second-order valence-electron chi connectivity index (χ2n) is 5.56. The quantitative estimate of drug-likeness (QED) is 0.573. The number of Topliss-reactive ketones (excluding diaryl/α,β-unsaturated/α-hetero) is 1. The fourth-order valence-corrected chi connectivity index (χ4v) is 2.78.